The molecule has 1 amide bonds. The van der Waals surface area contributed by atoms with Crippen molar-refractivity contribution in [3.63, 3.8) is 0 Å². The molecule has 0 unspecified atom stereocenters. The van der Waals surface area contributed by atoms with Gasteiger partial charge in [-0.15, -0.1) is 0 Å². The smallest absolute Gasteiger partial charge is 0.255 e. The molecule has 0 bridgehead atoms. The number of hydrogen-bond acceptors (Lipinski definition) is 10. The number of aromatic hydroxyl groups is 1. The summed E-state index contributed by atoms with van der Waals surface area (Å²) in [5, 5.41) is 59.3. The minimum Gasteiger partial charge on any atom is -0.508 e. The Balaban J connectivity index is 1.61. The first kappa shape index (κ1) is 29.2. The van der Waals surface area contributed by atoms with E-state index in [2.05, 4.69) is 0 Å². The fourth-order valence-corrected chi connectivity index (χ4v) is 7.49. The molecule has 3 aliphatic rings. The third kappa shape index (κ3) is 3.60. The fourth-order valence-electron chi connectivity index (χ4n) is 7.49. The number of primary amides is 1. The van der Waals surface area contributed by atoms with Crippen molar-refractivity contribution in [2.45, 2.75) is 30.6 Å². The van der Waals surface area contributed by atoms with Gasteiger partial charge in [0.25, 0.3) is 5.91 Å². The molecule has 7 N–H and O–H groups in total. The summed E-state index contributed by atoms with van der Waals surface area (Å²) in [6.45, 7) is 1.67. The molecule has 226 valence electrons. The van der Waals surface area contributed by atoms with Crippen molar-refractivity contribution in [3.05, 3.63) is 82.1 Å². The lowest BCUT2D eigenvalue weighted by molar-refractivity contribution is -0.169. The van der Waals surface area contributed by atoms with Gasteiger partial charge in [-0.05, 0) is 41.9 Å². The number of fused-ring (bicyclic) bond motifs is 4. The first-order chi connectivity index (χ1) is 20.8. The van der Waals surface area contributed by atoms with Crippen LogP contribution in [0.1, 0.15) is 34.3 Å². The lowest BCUT2D eigenvalue weighted by atomic mass is 9.54. The largest absolute Gasteiger partial charge is 0.508 e. The van der Waals surface area contributed by atoms with Crippen molar-refractivity contribution in [1.82, 2.24) is 4.90 Å². The number of aldehydes is 1. The van der Waals surface area contributed by atoms with Crippen LogP contribution in [0.15, 0.2) is 65.4 Å². The number of ketones is 2. The lowest BCUT2D eigenvalue weighted by Crippen LogP contribution is -2.70. The Morgan fingerprint density at radius 1 is 0.977 bits per heavy atom. The summed E-state index contributed by atoms with van der Waals surface area (Å²) in [7, 11) is 2.91. The van der Waals surface area contributed by atoms with Crippen molar-refractivity contribution in [1.29, 1.82) is 0 Å². The summed E-state index contributed by atoms with van der Waals surface area (Å²) in [4.78, 5) is 52.7. The second-order valence-electron chi connectivity index (χ2n) is 11.8. The van der Waals surface area contributed by atoms with Crippen LogP contribution in [-0.4, -0.2) is 86.0 Å². The quantitative estimate of drug-likeness (QED) is 0.191. The predicted molar refractivity (Wildman–Crippen MR) is 159 cm³/mol. The number of aliphatic hydroxyl groups excluding tert-OH is 3. The molecule has 1 saturated carbocycles. The molecule has 0 radical (unpaired) electrons. The maximum absolute atomic E-state index is 14.2. The molecule has 6 rings (SSSR count). The van der Waals surface area contributed by atoms with E-state index < -0.39 is 75.6 Å². The van der Waals surface area contributed by atoms with Gasteiger partial charge in [-0.3, -0.25) is 24.1 Å². The molecule has 44 heavy (non-hydrogen) atoms. The highest BCUT2D eigenvalue weighted by molar-refractivity contribution is 6.24. The number of benzene rings is 3. The molecular formula is C33H30N2O9. The van der Waals surface area contributed by atoms with Gasteiger partial charge in [0.1, 0.15) is 22.8 Å². The Labute approximate surface area is 251 Å². The Kier molecular flexibility index (Phi) is 6.54. The van der Waals surface area contributed by atoms with E-state index in [1.54, 1.807) is 55.5 Å². The van der Waals surface area contributed by atoms with Crippen LogP contribution in [0.2, 0.25) is 0 Å². The van der Waals surface area contributed by atoms with Crippen LogP contribution in [0.4, 0.5) is 0 Å². The number of aliphatic hydroxyl groups is 4. The lowest BCUT2D eigenvalue weighted by Gasteiger charge is -2.53. The van der Waals surface area contributed by atoms with Crippen molar-refractivity contribution < 1.29 is 44.7 Å². The van der Waals surface area contributed by atoms with E-state index in [1.165, 1.54) is 19.0 Å². The number of hydrogen-bond donors (Lipinski definition) is 6. The van der Waals surface area contributed by atoms with E-state index in [-0.39, 0.29) is 16.9 Å². The SMILES string of the molecule is C[C@H]1c2ccc(-c3ccc(C=O)c4ccccc34)c(O)c2C(O)=C2C(=O)[C@]3(O)C(O)=C(C(N)=O)C(=O)[C@@H](N(C)C)[C@@H]3[C@@H](O)[C@@H]21. The third-order valence-corrected chi connectivity index (χ3v) is 9.50. The zero-order valence-corrected chi connectivity index (χ0v) is 24.0. The highest BCUT2D eigenvalue weighted by atomic mass is 16.4. The number of Topliss-reactive ketones (excluding diaryl/α,β-unsaturated/α-hetero) is 2. The highest BCUT2D eigenvalue weighted by Crippen LogP contribution is 2.57. The van der Waals surface area contributed by atoms with E-state index in [4.69, 9.17) is 5.73 Å². The standard InChI is InChI=1S/C33H30N2O9/c1-13-15-10-11-19(18-9-8-14(12-36)16-6-4-5-7-17(16)18)26(37)21(15)27(38)22-20(13)28(39)24-25(35(2)3)29(40)23(32(34)43)31(42)33(24,44)30(22)41/h4-13,20,24-25,28,37-39,42,44H,1-3H3,(H2,34,43)/t13-,20+,24+,25-,28-,33-/m0/s1. The van der Waals surface area contributed by atoms with Gasteiger partial charge in [-0.25, -0.2) is 0 Å². The number of rotatable bonds is 4. The second kappa shape index (κ2) is 9.84. The van der Waals surface area contributed by atoms with E-state index in [0.29, 0.717) is 27.5 Å². The van der Waals surface area contributed by atoms with Gasteiger partial charge < -0.3 is 31.3 Å². The van der Waals surface area contributed by atoms with Crippen molar-refractivity contribution in [2.24, 2.45) is 17.6 Å². The van der Waals surface area contributed by atoms with Gasteiger partial charge in [0.15, 0.2) is 17.7 Å². The number of carbonyl (C=O) groups excluding carboxylic acids is 4. The van der Waals surface area contributed by atoms with E-state index in [9.17, 15) is 44.7 Å². The molecule has 0 saturated heterocycles. The minimum absolute atomic E-state index is 0.109. The minimum atomic E-state index is -2.99. The predicted octanol–water partition coefficient (Wildman–Crippen LogP) is 2.13. The third-order valence-electron chi connectivity index (χ3n) is 9.50. The maximum atomic E-state index is 14.2. The molecular weight excluding hydrogens is 568 g/mol. The van der Waals surface area contributed by atoms with Crippen molar-refractivity contribution in [2.75, 3.05) is 14.1 Å². The number of amides is 1. The van der Waals surface area contributed by atoms with Crippen LogP contribution in [0.5, 0.6) is 5.75 Å². The summed E-state index contributed by atoms with van der Waals surface area (Å²) in [5.74, 6) is -9.47. The summed E-state index contributed by atoms with van der Waals surface area (Å²) < 4.78 is 0. The molecule has 1 fully saturated rings. The van der Waals surface area contributed by atoms with Gasteiger partial charge in [-0.1, -0.05) is 55.5 Å². The molecule has 11 nitrogen and oxygen atoms in total. The molecule has 6 atom stereocenters. The van der Waals surface area contributed by atoms with E-state index in [1.807, 2.05) is 0 Å². The zero-order valence-electron chi connectivity index (χ0n) is 24.0. The number of nitrogens with zero attached hydrogens (tertiary/aromatic N) is 1. The normalized spacial score (nSPS) is 28.2. The Morgan fingerprint density at radius 3 is 2.23 bits per heavy atom. The molecule has 0 heterocycles. The number of phenols is 1. The molecule has 3 aliphatic carbocycles. The monoisotopic (exact) mass is 598 g/mol. The van der Waals surface area contributed by atoms with Crippen LogP contribution in [0.3, 0.4) is 0 Å². The van der Waals surface area contributed by atoms with Gasteiger partial charge in [0.2, 0.25) is 5.78 Å². The topological polar surface area (TPSA) is 199 Å². The van der Waals surface area contributed by atoms with Gasteiger partial charge in [0.05, 0.1) is 23.6 Å². The van der Waals surface area contributed by atoms with Crippen LogP contribution < -0.4 is 5.73 Å². The molecule has 11 heteroatoms. The Hall–Kier alpha value is -4.84. The van der Waals surface area contributed by atoms with Crippen molar-refractivity contribution >= 4 is 40.3 Å². The molecule has 0 aromatic heterocycles. The maximum Gasteiger partial charge on any atom is 0.255 e. The van der Waals surface area contributed by atoms with Crippen LogP contribution in [0, 0.1) is 11.8 Å². The van der Waals surface area contributed by atoms with Crippen LogP contribution in [-0.2, 0) is 14.4 Å². The summed E-state index contributed by atoms with van der Waals surface area (Å²) in [6.07, 6.45) is -0.949. The van der Waals surface area contributed by atoms with E-state index in [0.717, 1.165) is 6.29 Å². The fraction of sp³-hybridized carbons (Fsp3) is 0.273. The average molecular weight is 599 g/mol. The van der Waals surface area contributed by atoms with Crippen LogP contribution >= 0.6 is 0 Å². The summed E-state index contributed by atoms with van der Waals surface area (Å²) in [5.41, 5.74) is 2.50. The average Bonchev–Trinajstić information content (AvgIpc) is 2.98. The van der Waals surface area contributed by atoms with Crippen LogP contribution in [0.25, 0.3) is 27.7 Å². The van der Waals surface area contributed by atoms with Gasteiger partial charge in [0, 0.05) is 22.6 Å². The molecule has 0 aliphatic heterocycles. The number of nitrogens with two attached hydrogens (primary N) is 1. The molecule has 3 aromatic rings. The van der Waals surface area contributed by atoms with Gasteiger partial charge >= 0.3 is 0 Å². The summed E-state index contributed by atoms with van der Waals surface area (Å²) >= 11 is 0. The number of likely N-dealkylation sites (N-methyl/N-ethyl adjacent to an activating group) is 1. The second-order valence-corrected chi connectivity index (χ2v) is 11.8. The zero-order chi connectivity index (χ0) is 32.0. The first-order valence-electron chi connectivity index (χ1n) is 13.9. The highest BCUT2D eigenvalue weighted by Gasteiger charge is 2.68. The summed E-state index contributed by atoms with van der Waals surface area (Å²) in [6, 6.07) is 12.2. The molecule has 0 spiro atoms. The van der Waals surface area contributed by atoms with E-state index >= 15 is 0 Å². The Morgan fingerprint density at radius 2 is 1.61 bits per heavy atom. The van der Waals surface area contributed by atoms with Crippen molar-refractivity contribution in [3.8, 4) is 16.9 Å². The number of phenolic OH excluding ortho intramolecular Hbond substituents is 1. The molecule has 3 aromatic carbocycles. The van der Waals surface area contributed by atoms with Gasteiger partial charge in [-0.2, -0.15) is 0 Å². The first-order valence-corrected chi connectivity index (χ1v) is 13.9. The Bertz CT molecular complexity index is 1890. The number of carbonyl (C=O) groups is 4.